The lowest BCUT2D eigenvalue weighted by Gasteiger charge is -2.31. The molecule has 1 aliphatic carbocycles. The molecule has 2 N–H and O–H groups in total. The first kappa shape index (κ1) is 15.2. The van der Waals surface area contributed by atoms with E-state index in [0.717, 1.165) is 30.8 Å². The van der Waals surface area contributed by atoms with Crippen LogP contribution >= 0.6 is 0 Å². The van der Waals surface area contributed by atoms with Crippen LogP contribution in [0.2, 0.25) is 0 Å². The molecule has 1 fully saturated rings. The van der Waals surface area contributed by atoms with Crippen LogP contribution in [-0.4, -0.2) is 43.7 Å². The lowest BCUT2D eigenvalue weighted by molar-refractivity contribution is -0.136. The molecule has 1 heterocycles. The minimum atomic E-state index is -0.124. The van der Waals surface area contributed by atoms with Gasteiger partial charge in [0.25, 0.3) is 0 Å². The maximum Gasteiger partial charge on any atom is 0.225 e. The fourth-order valence-electron chi connectivity index (χ4n) is 3.48. The Kier molecular flexibility index (Phi) is 4.52. The SMILES string of the molecule is CN(CC1COc2ccccc2O1)C(=O)[C@@H]1CCC[C@@H]1CN. The van der Waals surface area contributed by atoms with Crippen LogP contribution in [0.1, 0.15) is 19.3 Å². The summed E-state index contributed by atoms with van der Waals surface area (Å²) in [6, 6.07) is 7.63. The van der Waals surface area contributed by atoms with E-state index in [1.807, 2.05) is 31.3 Å². The van der Waals surface area contributed by atoms with Crippen molar-refractivity contribution in [1.29, 1.82) is 0 Å². The van der Waals surface area contributed by atoms with Crippen LogP contribution in [0.3, 0.4) is 0 Å². The van der Waals surface area contributed by atoms with Crippen molar-refractivity contribution in [2.75, 3.05) is 26.7 Å². The van der Waals surface area contributed by atoms with Crippen molar-refractivity contribution < 1.29 is 14.3 Å². The van der Waals surface area contributed by atoms with Crippen LogP contribution in [0.5, 0.6) is 11.5 Å². The molecule has 1 amide bonds. The zero-order valence-corrected chi connectivity index (χ0v) is 13.0. The summed E-state index contributed by atoms with van der Waals surface area (Å²) in [7, 11) is 1.85. The van der Waals surface area contributed by atoms with Crippen LogP contribution in [0, 0.1) is 11.8 Å². The van der Waals surface area contributed by atoms with Gasteiger partial charge in [-0.1, -0.05) is 18.6 Å². The van der Waals surface area contributed by atoms with E-state index in [2.05, 4.69) is 0 Å². The van der Waals surface area contributed by atoms with Crippen molar-refractivity contribution in [2.45, 2.75) is 25.4 Å². The Balaban J connectivity index is 1.58. The maximum absolute atomic E-state index is 12.6. The highest BCUT2D eigenvalue weighted by Crippen LogP contribution is 2.33. The van der Waals surface area contributed by atoms with Crippen molar-refractivity contribution in [3.63, 3.8) is 0 Å². The number of para-hydroxylation sites is 2. The van der Waals surface area contributed by atoms with Gasteiger partial charge < -0.3 is 20.1 Å². The molecule has 1 aromatic carbocycles. The molecule has 0 spiro atoms. The zero-order valence-electron chi connectivity index (χ0n) is 13.0. The van der Waals surface area contributed by atoms with Gasteiger partial charge >= 0.3 is 0 Å². The molecule has 3 atom stereocenters. The number of hydrogen-bond donors (Lipinski definition) is 1. The molecule has 5 nitrogen and oxygen atoms in total. The quantitative estimate of drug-likeness (QED) is 0.919. The van der Waals surface area contributed by atoms with Gasteiger partial charge in [-0.05, 0) is 37.4 Å². The summed E-state index contributed by atoms with van der Waals surface area (Å²) in [5, 5.41) is 0. The molecule has 0 bridgehead atoms. The highest BCUT2D eigenvalue weighted by Gasteiger charge is 2.34. The molecule has 3 rings (SSSR count). The van der Waals surface area contributed by atoms with E-state index >= 15 is 0 Å². The van der Waals surface area contributed by atoms with E-state index in [4.69, 9.17) is 15.2 Å². The zero-order chi connectivity index (χ0) is 15.5. The molecule has 120 valence electrons. The Bertz CT molecular complexity index is 534. The molecule has 1 unspecified atom stereocenters. The Morgan fingerprint density at radius 1 is 1.32 bits per heavy atom. The monoisotopic (exact) mass is 304 g/mol. The number of ether oxygens (including phenoxy) is 2. The van der Waals surface area contributed by atoms with Gasteiger partial charge in [-0.3, -0.25) is 4.79 Å². The van der Waals surface area contributed by atoms with Crippen molar-refractivity contribution in [1.82, 2.24) is 4.90 Å². The van der Waals surface area contributed by atoms with Gasteiger partial charge in [0.05, 0.1) is 6.54 Å². The highest BCUT2D eigenvalue weighted by molar-refractivity contribution is 5.79. The van der Waals surface area contributed by atoms with E-state index in [1.54, 1.807) is 4.90 Å². The van der Waals surface area contributed by atoms with Gasteiger partial charge in [0.15, 0.2) is 17.6 Å². The maximum atomic E-state index is 12.6. The molecule has 0 radical (unpaired) electrons. The van der Waals surface area contributed by atoms with Gasteiger partial charge in [0.2, 0.25) is 5.91 Å². The minimum absolute atomic E-state index is 0.0757. The first-order valence-corrected chi connectivity index (χ1v) is 8.02. The lowest BCUT2D eigenvalue weighted by atomic mass is 9.95. The third-order valence-corrected chi connectivity index (χ3v) is 4.70. The Hall–Kier alpha value is -1.75. The van der Waals surface area contributed by atoms with Crippen LogP contribution in [0.15, 0.2) is 24.3 Å². The molecule has 0 aromatic heterocycles. The molecule has 5 heteroatoms. The molecule has 0 saturated heterocycles. The van der Waals surface area contributed by atoms with Crippen LogP contribution in [0.25, 0.3) is 0 Å². The fourth-order valence-corrected chi connectivity index (χ4v) is 3.48. The van der Waals surface area contributed by atoms with Gasteiger partial charge in [-0.2, -0.15) is 0 Å². The van der Waals surface area contributed by atoms with Crippen LogP contribution in [0.4, 0.5) is 0 Å². The fraction of sp³-hybridized carbons (Fsp3) is 0.588. The van der Waals surface area contributed by atoms with E-state index in [-0.39, 0.29) is 17.9 Å². The van der Waals surface area contributed by atoms with Gasteiger partial charge in [0, 0.05) is 13.0 Å². The summed E-state index contributed by atoms with van der Waals surface area (Å²) < 4.78 is 11.6. The Labute approximate surface area is 131 Å². The van der Waals surface area contributed by atoms with Crippen molar-refractivity contribution >= 4 is 5.91 Å². The predicted octanol–water partition coefficient (Wildman–Crippen LogP) is 1.66. The third-order valence-electron chi connectivity index (χ3n) is 4.70. The Morgan fingerprint density at radius 3 is 2.86 bits per heavy atom. The largest absolute Gasteiger partial charge is 0.486 e. The van der Waals surface area contributed by atoms with Crippen LogP contribution < -0.4 is 15.2 Å². The van der Waals surface area contributed by atoms with E-state index < -0.39 is 0 Å². The first-order valence-electron chi connectivity index (χ1n) is 8.02. The second-order valence-electron chi connectivity index (χ2n) is 6.25. The molecule has 1 saturated carbocycles. The van der Waals surface area contributed by atoms with Crippen LogP contribution in [-0.2, 0) is 4.79 Å². The predicted molar refractivity (Wildman–Crippen MR) is 83.9 cm³/mol. The number of hydrogen-bond acceptors (Lipinski definition) is 4. The number of carbonyl (C=O) groups excluding carboxylic acids is 1. The lowest BCUT2D eigenvalue weighted by Crippen LogP contribution is -2.44. The minimum Gasteiger partial charge on any atom is -0.486 e. The molecular weight excluding hydrogens is 280 g/mol. The summed E-state index contributed by atoms with van der Waals surface area (Å²) in [4.78, 5) is 14.4. The standard InChI is InChI=1S/C17H24N2O3/c1-19(17(20)14-6-4-5-12(14)9-18)10-13-11-21-15-7-2-3-8-16(15)22-13/h2-3,7-8,12-14H,4-6,9-11,18H2,1H3/t12-,13?,14-/m1/s1. The topological polar surface area (TPSA) is 64.8 Å². The smallest absolute Gasteiger partial charge is 0.225 e. The summed E-state index contributed by atoms with van der Waals surface area (Å²) >= 11 is 0. The second-order valence-corrected chi connectivity index (χ2v) is 6.25. The first-order chi connectivity index (χ1) is 10.7. The number of benzene rings is 1. The van der Waals surface area contributed by atoms with Gasteiger partial charge in [-0.25, -0.2) is 0 Å². The molecule has 1 aliphatic heterocycles. The average Bonchev–Trinajstić information content (AvgIpc) is 3.02. The van der Waals surface area contributed by atoms with Crippen molar-refractivity contribution in [3.8, 4) is 11.5 Å². The van der Waals surface area contributed by atoms with E-state index in [1.165, 1.54) is 0 Å². The normalized spacial score (nSPS) is 26.7. The average molecular weight is 304 g/mol. The number of rotatable bonds is 4. The summed E-state index contributed by atoms with van der Waals surface area (Å²) in [5.41, 5.74) is 5.78. The summed E-state index contributed by atoms with van der Waals surface area (Å²) in [5.74, 6) is 2.12. The van der Waals surface area contributed by atoms with Gasteiger partial charge in [-0.15, -0.1) is 0 Å². The third kappa shape index (κ3) is 3.04. The molecule has 2 aliphatic rings. The molecule has 22 heavy (non-hydrogen) atoms. The summed E-state index contributed by atoms with van der Waals surface area (Å²) in [6.45, 7) is 1.61. The summed E-state index contributed by atoms with van der Waals surface area (Å²) in [6.07, 6.45) is 3.00. The number of fused-ring (bicyclic) bond motifs is 1. The second kappa shape index (κ2) is 6.57. The number of likely N-dealkylation sites (N-methyl/N-ethyl adjacent to an activating group) is 1. The van der Waals surface area contributed by atoms with Gasteiger partial charge in [0.1, 0.15) is 6.61 Å². The van der Waals surface area contributed by atoms with E-state index in [9.17, 15) is 4.79 Å². The number of nitrogens with two attached hydrogens (primary N) is 1. The van der Waals surface area contributed by atoms with Crippen molar-refractivity contribution in [3.05, 3.63) is 24.3 Å². The van der Waals surface area contributed by atoms with Crippen molar-refractivity contribution in [2.24, 2.45) is 17.6 Å². The number of nitrogens with zero attached hydrogens (tertiary/aromatic N) is 1. The number of amides is 1. The molecular formula is C17H24N2O3. The highest BCUT2D eigenvalue weighted by atomic mass is 16.6. The number of carbonyl (C=O) groups is 1. The molecule has 1 aromatic rings. The Morgan fingerprint density at radius 2 is 2.09 bits per heavy atom. The van der Waals surface area contributed by atoms with E-state index in [0.29, 0.717) is 25.6 Å².